The van der Waals surface area contributed by atoms with E-state index in [-0.39, 0.29) is 0 Å². The van der Waals surface area contributed by atoms with Crippen molar-refractivity contribution in [2.24, 2.45) is 11.8 Å². The lowest BCUT2D eigenvalue weighted by Crippen LogP contribution is -2.19. The predicted molar refractivity (Wildman–Crippen MR) is 78.1 cm³/mol. The third-order valence-corrected chi connectivity index (χ3v) is 4.41. The monoisotopic (exact) mass is 266 g/mol. The molecule has 0 spiro atoms. The third-order valence-electron chi connectivity index (χ3n) is 4.08. The molecule has 1 heterocycles. The maximum Gasteiger partial charge on any atom is 0.0718 e. The van der Waals surface area contributed by atoms with Crippen LogP contribution in [0, 0.1) is 11.8 Å². The van der Waals surface area contributed by atoms with E-state index < -0.39 is 0 Å². The Hall–Kier alpha value is -0.760. The Kier molecular flexibility index (Phi) is 4.87. The molecule has 0 aliphatic heterocycles. The number of halogens is 1. The lowest BCUT2D eigenvalue weighted by atomic mass is 9.89. The maximum absolute atomic E-state index is 6.16. The van der Waals surface area contributed by atoms with Crippen LogP contribution in [0.1, 0.15) is 46.0 Å². The highest BCUT2D eigenvalue weighted by Gasteiger charge is 2.21. The molecule has 1 aromatic rings. The zero-order valence-corrected chi connectivity index (χ0v) is 12.1. The first-order valence-corrected chi connectivity index (χ1v) is 7.40. The molecular weight excluding hydrogens is 244 g/mol. The molecule has 2 unspecified atom stereocenters. The summed E-state index contributed by atoms with van der Waals surface area (Å²) in [5, 5.41) is 4.33. The van der Waals surface area contributed by atoms with E-state index in [1.54, 1.807) is 6.20 Å². The van der Waals surface area contributed by atoms with Gasteiger partial charge in [-0.1, -0.05) is 38.3 Å². The van der Waals surface area contributed by atoms with Gasteiger partial charge in [-0.25, -0.2) is 0 Å². The number of nitrogens with zero attached hydrogens (tertiary/aromatic N) is 1. The molecular formula is C15H23ClN2. The molecule has 1 N–H and O–H groups in total. The quantitative estimate of drug-likeness (QED) is 0.799. The van der Waals surface area contributed by atoms with Crippen molar-refractivity contribution in [1.29, 1.82) is 0 Å². The van der Waals surface area contributed by atoms with Crippen molar-refractivity contribution in [3.05, 3.63) is 23.5 Å². The van der Waals surface area contributed by atoms with Gasteiger partial charge in [-0.05, 0) is 37.2 Å². The second-order valence-electron chi connectivity index (χ2n) is 5.71. The van der Waals surface area contributed by atoms with Crippen LogP contribution in [0.2, 0.25) is 5.02 Å². The zero-order valence-electron chi connectivity index (χ0n) is 11.3. The molecule has 0 saturated heterocycles. The molecule has 1 fully saturated rings. The van der Waals surface area contributed by atoms with Crippen LogP contribution in [-0.4, -0.2) is 11.0 Å². The van der Waals surface area contributed by atoms with Crippen molar-refractivity contribution < 1.29 is 0 Å². The average Bonchev–Trinajstić information content (AvgIpc) is 2.58. The summed E-state index contributed by atoms with van der Waals surface area (Å²) in [6.07, 6.45) is 10.1. The number of anilines is 1. The van der Waals surface area contributed by atoms with Crippen molar-refractivity contribution in [2.75, 3.05) is 5.32 Å². The van der Waals surface area contributed by atoms with Crippen LogP contribution >= 0.6 is 11.6 Å². The van der Waals surface area contributed by atoms with Gasteiger partial charge < -0.3 is 5.32 Å². The number of aromatic nitrogens is 1. The standard InChI is InChI=1S/C15H23ClN2/c1-11(2)12-4-3-5-13(7-6-12)18-15-10-17-9-8-14(15)16/h8-13,18H,3-7H2,1-2H3. The second-order valence-corrected chi connectivity index (χ2v) is 6.12. The Morgan fingerprint density at radius 3 is 2.83 bits per heavy atom. The fourth-order valence-electron chi connectivity index (χ4n) is 2.84. The number of rotatable bonds is 3. The summed E-state index contributed by atoms with van der Waals surface area (Å²) in [5.74, 6) is 1.70. The minimum atomic E-state index is 0.551. The van der Waals surface area contributed by atoms with E-state index in [0.29, 0.717) is 6.04 Å². The normalized spacial score (nSPS) is 24.9. The van der Waals surface area contributed by atoms with Gasteiger partial charge in [-0.15, -0.1) is 0 Å². The van der Waals surface area contributed by atoms with Crippen molar-refractivity contribution >= 4 is 17.3 Å². The van der Waals surface area contributed by atoms with E-state index in [9.17, 15) is 0 Å². The number of hydrogen-bond acceptors (Lipinski definition) is 2. The summed E-state index contributed by atoms with van der Waals surface area (Å²) in [5.41, 5.74) is 0.979. The summed E-state index contributed by atoms with van der Waals surface area (Å²) in [6, 6.07) is 2.40. The molecule has 0 aromatic carbocycles. The van der Waals surface area contributed by atoms with Gasteiger partial charge in [0.2, 0.25) is 0 Å². The van der Waals surface area contributed by atoms with Gasteiger partial charge in [0.25, 0.3) is 0 Å². The van der Waals surface area contributed by atoms with Gasteiger partial charge in [0.1, 0.15) is 0 Å². The molecule has 3 heteroatoms. The first-order chi connectivity index (χ1) is 8.66. The maximum atomic E-state index is 6.16. The molecule has 2 nitrogen and oxygen atoms in total. The SMILES string of the molecule is CC(C)C1CCCC(Nc2cnccc2Cl)CC1. The zero-order chi connectivity index (χ0) is 13.0. The van der Waals surface area contributed by atoms with Crippen molar-refractivity contribution in [3.63, 3.8) is 0 Å². The van der Waals surface area contributed by atoms with E-state index in [0.717, 1.165) is 22.5 Å². The molecule has 0 bridgehead atoms. The molecule has 100 valence electrons. The number of nitrogens with one attached hydrogen (secondary N) is 1. The van der Waals surface area contributed by atoms with Crippen LogP contribution in [0.3, 0.4) is 0 Å². The van der Waals surface area contributed by atoms with Gasteiger partial charge >= 0.3 is 0 Å². The summed E-state index contributed by atoms with van der Waals surface area (Å²) in [4.78, 5) is 4.13. The molecule has 0 radical (unpaired) electrons. The molecule has 1 aromatic heterocycles. The fourth-order valence-corrected chi connectivity index (χ4v) is 3.00. The first-order valence-electron chi connectivity index (χ1n) is 7.03. The highest BCUT2D eigenvalue weighted by Crippen LogP contribution is 2.31. The van der Waals surface area contributed by atoms with E-state index in [1.807, 2.05) is 12.3 Å². The number of pyridine rings is 1. The van der Waals surface area contributed by atoms with Crippen LogP contribution in [-0.2, 0) is 0 Å². The molecule has 2 atom stereocenters. The molecule has 1 saturated carbocycles. The Morgan fingerprint density at radius 2 is 2.11 bits per heavy atom. The Morgan fingerprint density at radius 1 is 1.28 bits per heavy atom. The first kappa shape index (κ1) is 13.7. The van der Waals surface area contributed by atoms with Gasteiger partial charge in [0.15, 0.2) is 0 Å². The lowest BCUT2D eigenvalue weighted by molar-refractivity contribution is 0.341. The molecule has 1 aliphatic carbocycles. The van der Waals surface area contributed by atoms with E-state index in [1.165, 1.54) is 32.1 Å². The second kappa shape index (κ2) is 6.42. The van der Waals surface area contributed by atoms with E-state index in [2.05, 4.69) is 24.1 Å². The Bertz CT molecular complexity index is 379. The van der Waals surface area contributed by atoms with Crippen molar-refractivity contribution in [3.8, 4) is 0 Å². The highest BCUT2D eigenvalue weighted by atomic mass is 35.5. The van der Waals surface area contributed by atoms with Crippen LogP contribution in [0.5, 0.6) is 0 Å². The highest BCUT2D eigenvalue weighted by molar-refractivity contribution is 6.33. The smallest absolute Gasteiger partial charge is 0.0718 e. The van der Waals surface area contributed by atoms with Crippen LogP contribution < -0.4 is 5.32 Å². The van der Waals surface area contributed by atoms with Gasteiger partial charge in [-0.3, -0.25) is 4.98 Å². The summed E-state index contributed by atoms with van der Waals surface area (Å²) in [6.45, 7) is 4.69. The molecule has 2 rings (SSSR count). The minimum Gasteiger partial charge on any atom is -0.380 e. The lowest BCUT2D eigenvalue weighted by Gasteiger charge is -2.20. The third kappa shape index (κ3) is 3.61. The van der Waals surface area contributed by atoms with Crippen LogP contribution in [0.25, 0.3) is 0 Å². The summed E-state index contributed by atoms with van der Waals surface area (Å²) in [7, 11) is 0. The van der Waals surface area contributed by atoms with E-state index in [4.69, 9.17) is 11.6 Å². The average molecular weight is 267 g/mol. The molecule has 1 aliphatic rings. The molecule has 18 heavy (non-hydrogen) atoms. The fraction of sp³-hybridized carbons (Fsp3) is 0.667. The Labute approximate surface area is 115 Å². The Balaban J connectivity index is 1.93. The number of hydrogen-bond donors (Lipinski definition) is 1. The van der Waals surface area contributed by atoms with Crippen molar-refractivity contribution in [1.82, 2.24) is 4.98 Å². The van der Waals surface area contributed by atoms with Gasteiger partial charge in [-0.2, -0.15) is 0 Å². The van der Waals surface area contributed by atoms with Crippen LogP contribution in [0.4, 0.5) is 5.69 Å². The summed E-state index contributed by atoms with van der Waals surface area (Å²) >= 11 is 6.16. The predicted octanol–water partition coefficient (Wildman–Crippen LogP) is 4.75. The van der Waals surface area contributed by atoms with Crippen molar-refractivity contribution in [2.45, 2.75) is 52.0 Å². The molecule has 0 amide bonds. The largest absolute Gasteiger partial charge is 0.380 e. The van der Waals surface area contributed by atoms with Gasteiger partial charge in [0, 0.05) is 12.2 Å². The van der Waals surface area contributed by atoms with E-state index >= 15 is 0 Å². The van der Waals surface area contributed by atoms with Crippen LogP contribution in [0.15, 0.2) is 18.5 Å². The van der Waals surface area contributed by atoms with Gasteiger partial charge in [0.05, 0.1) is 16.9 Å². The topological polar surface area (TPSA) is 24.9 Å². The summed E-state index contributed by atoms with van der Waals surface area (Å²) < 4.78 is 0. The minimum absolute atomic E-state index is 0.551.